The largest absolute Gasteiger partial charge is 0.468 e. The second kappa shape index (κ2) is 8.17. The minimum atomic E-state index is -0.122. The maximum absolute atomic E-state index is 12.1. The summed E-state index contributed by atoms with van der Waals surface area (Å²) in [6.07, 6.45) is 1.67. The molecule has 6 heteroatoms. The van der Waals surface area contributed by atoms with Crippen molar-refractivity contribution in [3.8, 4) is 10.6 Å². The number of carbonyl (C=O) groups excluding carboxylic acids is 1. The number of benzene rings is 1. The van der Waals surface area contributed by atoms with Crippen LogP contribution < -0.4 is 5.32 Å². The number of furan rings is 1. The van der Waals surface area contributed by atoms with Crippen LogP contribution in [0.1, 0.15) is 21.8 Å². The molecule has 0 aliphatic heterocycles. The van der Waals surface area contributed by atoms with Crippen LogP contribution in [0.15, 0.2) is 52.5 Å². The number of hydrogen-bond donors (Lipinski definition) is 1. The highest BCUT2D eigenvalue weighted by molar-refractivity contribution is 7.98. The number of nitrogens with zero attached hydrogens (tertiary/aromatic N) is 1. The summed E-state index contributed by atoms with van der Waals surface area (Å²) in [6, 6.07) is 12.0. The number of amides is 1. The van der Waals surface area contributed by atoms with Crippen LogP contribution in [0.3, 0.4) is 0 Å². The number of nitrogens with one attached hydrogen (secondary N) is 1. The van der Waals surface area contributed by atoms with E-state index in [0.717, 1.165) is 27.8 Å². The van der Waals surface area contributed by atoms with Crippen LogP contribution in [0.5, 0.6) is 0 Å². The van der Waals surface area contributed by atoms with Crippen molar-refractivity contribution in [2.75, 3.05) is 12.3 Å². The first-order chi connectivity index (χ1) is 11.7. The van der Waals surface area contributed by atoms with E-state index in [1.54, 1.807) is 23.4 Å². The van der Waals surface area contributed by atoms with E-state index in [9.17, 15) is 4.79 Å². The fourth-order valence-electron chi connectivity index (χ4n) is 2.10. The molecule has 3 aromatic rings. The van der Waals surface area contributed by atoms with Gasteiger partial charge < -0.3 is 9.73 Å². The van der Waals surface area contributed by atoms with Gasteiger partial charge in [-0.05, 0) is 19.1 Å². The SMILES string of the molecule is Cc1ccc(-c2nc(C(=O)NCCSCc3ccco3)cs2)cc1. The molecule has 2 heterocycles. The van der Waals surface area contributed by atoms with Crippen molar-refractivity contribution in [2.24, 2.45) is 0 Å². The summed E-state index contributed by atoms with van der Waals surface area (Å²) in [7, 11) is 0. The van der Waals surface area contributed by atoms with Crippen LogP contribution in [0.4, 0.5) is 0 Å². The van der Waals surface area contributed by atoms with Crippen molar-refractivity contribution in [1.82, 2.24) is 10.3 Å². The van der Waals surface area contributed by atoms with Gasteiger partial charge in [0.05, 0.1) is 12.0 Å². The Morgan fingerprint density at radius 3 is 2.88 bits per heavy atom. The smallest absolute Gasteiger partial charge is 0.270 e. The maximum atomic E-state index is 12.1. The molecule has 0 aliphatic rings. The van der Waals surface area contributed by atoms with Gasteiger partial charge in [-0.2, -0.15) is 11.8 Å². The Morgan fingerprint density at radius 1 is 1.29 bits per heavy atom. The number of thioether (sulfide) groups is 1. The van der Waals surface area contributed by atoms with Crippen molar-refractivity contribution in [1.29, 1.82) is 0 Å². The van der Waals surface area contributed by atoms with Gasteiger partial charge in [-0.1, -0.05) is 29.8 Å². The van der Waals surface area contributed by atoms with Crippen LogP contribution in [0, 0.1) is 6.92 Å². The Balaban J connectivity index is 1.46. The lowest BCUT2D eigenvalue weighted by atomic mass is 10.2. The van der Waals surface area contributed by atoms with Crippen molar-refractivity contribution in [2.45, 2.75) is 12.7 Å². The molecule has 0 aliphatic carbocycles. The monoisotopic (exact) mass is 358 g/mol. The van der Waals surface area contributed by atoms with E-state index >= 15 is 0 Å². The van der Waals surface area contributed by atoms with Crippen LogP contribution in [0.2, 0.25) is 0 Å². The average molecular weight is 358 g/mol. The van der Waals surface area contributed by atoms with Gasteiger partial charge in [0.15, 0.2) is 0 Å². The van der Waals surface area contributed by atoms with Crippen LogP contribution in [-0.2, 0) is 5.75 Å². The Bertz CT molecular complexity index is 780. The summed E-state index contributed by atoms with van der Waals surface area (Å²) < 4.78 is 5.27. The third-order valence-corrected chi connectivity index (χ3v) is 5.26. The summed E-state index contributed by atoms with van der Waals surface area (Å²) in [4.78, 5) is 16.6. The Kier molecular flexibility index (Phi) is 5.72. The van der Waals surface area contributed by atoms with E-state index in [-0.39, 0.29) is 5.91 Å². The first-order valence-electron chi connectivity index (χ1n) is 7.63. The maximum Gasteiger partial charge on any atom is 0.270 e. The first kappa shape index (κ1) is 16.8. The number of hydrogen-bond acceptors (Lipinski definition) is 5. The normalized spacial score (nSPS) is 10.7. The molecule has 3 rings (SSSR count). The van der Waals surface area contributed by atoms with Gasteiger partial charge in [-0.3, -0.25) is 4.79 Å². The summed E-state index contributed by atoms with van der Waals surface area (Å²) >= 11 is 3.21. The van der Waals surface area contributed by atoms with Gasteiger partial charge in [0.2, 0.25) is 0 Å². The highest BCUT2D eigenvalue weighted by Crippen LogP contribution is 2.24. The zero-order chi connectivity index (χ0) is 16.8. The van der Waals surface area contributed by atoms with Crippen LogP contribution in [0.25, 0.3) is 10.6 Å². The summed E-state index contributed by atoms with van der Waals surface area (Å²) in [5.41, 5.74) is 2.73. The zero-order valence-corrected chi connectivity index (χ0v) is 15.0. The lowest BCUT2D eigenvalue weighted by Crippen LogP contribution is -2.26. The molecule has 0 spiro atoms. The molecule has 1 aromatic carbocycles. The summed E-state index contributed by atoms with van der Waals surface area (Å²) in [5, 5.41) is 5.58. The Labute approximate surface area is 149 Å². The van der Waals surface area contributed by atoms with E-state index in [0.29, 0.717) is 12.2 Å². The third kappa shape index (κ3) is 4.49. The molecule has 124 valence electrons. The topological polar surface area (TPSA) is 55.1 Å². The molecule has 0 radical (unpaired) electrons. The van der Waals surface area contributed by atoms with Gasteiger partial charge in [-0.15, -0.1) is 11.3 Å². The van der Waals surface area contributed by atoms with Gasteiger partial charge in [0.25, 0.3) is 5.91 Å². The molecule has 0 saturated carbocycles. The number of aromatic nitrogens is 1. The minimum Gasteiger partial charge on any atom is -0.468 e. The third-order valence-electron chi connectivity index (χ3n) is 3.39. The fraction of sp³-hybridized carbons (Fsp3) is 0.222. The molecule has 0 atom stereocenters. The fourth-order valence-corrected chi connectivity index (χ4v) is 3.66. The minimum absolute atomic E-state index is 0.122. The average Bonchev–Trinajstić information content (AvgIpc) is 3.27. The first-order valence-corrected chi connectivity index (χ1v) is 9.67. The Hall–Kier alpha value is -2.05. The van der Waals surface area contributed by atoms with E-state index < -0.39 is 0 Å². The number of thiazole rings is 1. The summed E-state index contributed by atoms with van der Waals surface area (Å²) in [5.74, 6) is 2.48. The van der Waals surface area contributed by atoms with Crippen molar-refractivity contribution in [3.63, 3.8) is 0 Å². The van der Waals surface area contributed by atoms with Crippen molar-refractivity contribution < 1.29 is 9.21 Å². The lowest BCUT2D eigenvalue weighted by Gasteiger charge is -2.02. The van der Waals surface area contributed by atoms with Crippen LogP contribution >= 0.6 is 23.1 Å². The molecule has 0 bridgehead atoms. The molecule has 0 fully saturated rings. The molecule has 2 aromatic heterocycles. The van der Waals surface area contributed by atoms with E-state index in [1.165, 1.54) is 16.9 Å². The highest BCUT2D eigenvalue weighted by atomic mass is 32.2. The molecule has 1 N–H and O–H groups in total. The number of aryl methyl sites for hydroxylation is 1. The standard InChI is InChI=1S/C18H18N2O2S2/c1-13-4-6-14(7-5-13)18-20-16(12-24-18)17(21)19-8-10-23-11-15-3-2-9-22-15/h2-7,9,12H,8,10-11H2,1H3,(H,19,21). The van der Waals surface area contributed by atoms with Crippen molar-refractivity contribution in [3.05, 3.63) is 65.1 Å². The second-order valence-electron chi connectivity index (χ2n) is 5.29. The molecular formula is C18H18N2O2S2. The van der Waals surface area contributed by atoms with Gasteiger partial charge >= 0.3 is 0 Å². The molecule has 0 unspecified atom stereocenters. The van der Waals surface area contributed by atoms with E-state index in [2.05, 4.69) is 17.2 Å². The van der Waals surface area contributed by atoms with Crippen LogP contribution in [-0.4, -0.2) is 23.2 Å². The number of carbonyl (C=O) groups is 1. The zero-order valence-electron chi connectivity index (χ0n) is 13.3. The molecule has 4 nitrogen and oxygen atoms in total. The predicted octanol–water partition coefficient (Wildman–Crippen LogP) is 4.37. The Morgan fingerprint density at radius 2 is 2.12 bits per heavy atom. The van der Waals surface area contributed by atoms with Gasteiger partial charge in [-0.25, -0.2) is 4.98 Å². The highest BCUT2D eigenvalue weighted by Gasteiger charge is 2.11. The quantitative estimate of drug-likeness (QED) is 0.637. The summed E-state index contributed by atoms with van der Waals surface area (Å²) in [6.45, 7) is 2.66. The molecular weight excluding hydrogens is 340 g/mol. The van der Waals surface area contributed by atoms with Gasteiger partial charge in [0.1, 0.15) is 16.5 Å². The molecule has 24 heavy (non-hydrogen) atoms. The van der Waals surface area contributed by atoms with E-state index in [4.69, 9.17) is 4.42 Å². The predicted molar refractivity (Wildman–Crippen MR) is 99.5 cm³/mol. The lowest BCUT2D eigenvalue weighted by molar-refractivity contribution is 0.0952. The van der Waals surface area contributed by atoms with Gasteiger partial charge in [0, 0.05) is 23.2 Å². The van der Waals surface area contributed by atoms with Crippen molar-refractivity contribution >= 4 is 29.0 Å². The van der Waals surface area contributed by atoms with E-state index in [1.807, 2.05) is 36.4 Å². The second-order valence-corrected chi connectivity index (χ2v) is 7.26. The number of rotatable bonds is 7. The molecule has 0 saturated heterocycles. The molecule has 1 amide bonds.